The molecule has 0 saturated heterocycles. The van der Waals surface area contributed by atoms with Crippen LogP contribution in [-0.2, 0) is 4.84 Å². The number of nitrogens with one attached hydrogen (secondary N) is 1. The van der Waals surface area contributed by atoms with E-state index in [1.54, 1.807) is 0 Å². The molecule has 0 saturated carbocycles. The Bertz CT molecular complexity index is 484. The molecule has 0 bridgehead atoms. The van der Waals surface area contributed by atoms with Crippen LogP contribution in [0.4, 0.5) is 0 Å². The summed E-state index contributed by atoms with van der Waals surface area (Å²) in [5.74, 6) is 1.70. The van der Waals surface area contributed by atoms with Gasteiger partial charge in [-0.05, 0) is 70.2 Å². The van der Waals surface area contributed by atoms with Crippen LogP contribution in [0.2, 0.25) is 0 Å². The lowest BCUT2D eigenvalue weighted by molar-refractivity contribution is -0.0225. The Kier molecular flexibility index (Phi) is 7.27. The second kappa shape index (κ2) is 9.46. The summed E-state index contributed by atoms with van der Waals surface area (Å²) < 4.78 is 11.5. The van der Waals surface area contributed by atoms with Crippen LogP contribution in [0.5, 0.6) is 11.5 Å². The summed E-state index contributed by atoms with van der Waals surface area (Å²) in [5.41, 5.74) is 4.25. The minimum Gasteiger partial charge on any atom is -0.491 e. The Morgan fingerprint density at radius 3 is 2.43 bits per heavy atom. The highest BCUT2D eigenvalue weighted by molar-refractivity contribution is 5.31. The summed E-state index contributed by atoms with van der Waals surface area (Å²) in [6.45, 7) is 6.68. The molecule has 0 radical (unpaired) electrons. The maximum atomic E-state index is 5.75. The molecule has 0 aromatic heterocycles. The van der Waals surface area contributed by atoms with Crippen molar-refractivity contribution in [2.45, 2.75) is 65.1 Å². The van der Waals surface area contributed by atoms with Crippen molar-refractivity contribution >= 4 is 0 Å². The lowest BCUT2D eigenvalue weighted by atomic mass is 10.1. The van der Waals surface area contributed by atoms with Crippen molar-refractivity contribution < 1.29 is 14.3 Å². The van der Waals surface area contributed by atoms with E-state index in [1.165, 1.54) is 18.5 Å². The van der Waals surface area contributed by atoms with Gasteiger partial charge in [-0.3, -0.25) is 10.3 Å². The van der Waals surface area contributed by atoms with Gasteiger partial charge in [0.05, 0.1) is 6.10 Å². The number of hydrogen-bond donors (Lipinski definition) is 1. The quantitative estimate of drug-likeness (QED) is 0.675. The molecule has 1 aromatic rings. The zero-order valence-electron chi connectivity index (χ0n) is 14.5. The standard InChI is InChI=1S/C19H29NO3/c1-4-15(2)22-19-12-10-18(11-13-19)21-14-16(3)23-20-17-8-6-5-7-9-17/h8,10-13,15-16,20H,4-7,9,14H2,1-3H3. The number of hydroxylamine groups is 1. The zero-order valence-corrected chi connectivity index (χ0v) is 14.5. The Morgan fingerprint density at radius 1 is 1.04 bits per heavy atom. The summed E-state index contributed by atoms with van der Waals surface area (Å²) in [4.78, 5) is 5.63. The molecule has 4 nitrogen and oxygen atoms in total. The molecule has 4 heteroatoms. The van der Waals surface area contributed by atoms with Crippen molar-refractivity contribution in [1.82, 2.24) is 5.48 Å². The Labute approximate surface area is 139 Å². The number of ether oxygens (including phenoxy) is 2. The Hall–Kier alpha value is -1.68. The first-order valence-electron chi connectivity index (χ1n) is 8.67. The van der Waals surface area contributed by atoms with Gasteiger partial charge in [-0.25, -0.2) is 0 Å². The van der Waals surface area contributed by atoms with E-state index in [1.807, 2.05) is 31.2 Å². The van der Waals surface area contributed by atoms with E-state index >= 15 is 0 Å². The normalized spacial score (nSPS) is 17.1. The van der Waals surface area contributed by atoms with Gasteiger partial charge in [-0.15, -0.1) is 0 Å². The molecule has 0 spiro atoms. The van der Waals surface area contributed by atoms with Crippen molar-refractivity contribution in [3.63, 3.8) is 0 Å². The van der Waals surface area contributed by atoms with Crippen LogP contribution in [0.1, 0.15) is 52.9 Å². The van der Waals surface area contributed by atoms with E-state index in [-0.39, 0.29) is 12.2 Å². The minimum absolute atomic E-state index is 0.0196. The number of rotatable bonds is 9. The van der Waals surface area contributed by atoms with Crippen LogP contribution < -0.4 is 15.0 Å². The fourth-order valence-electron chi connectivity index (χ4n) is 2.28. The molecule has 0 fully saturated rings. The minimum atomic E-state index is -0.0196. The SMILES string of the molecule is CCC(C)Oc1ccc(OCC(C)ONC2=CCCCC2)cc1. The van der Waals surface area contributed by atoms with Crippen molar-refractivity contribution in [3.8, 4) is 11.5 Å². The average Bonchev–Trinajstić information content (AvgIpc) is 2.60. The number of allylic oxidation sites excluding steroid dienone is 2. The molecular formula is C19H29NO3. The van der Waals surface area contributed by atoms with Crippen LogP contribution in [-0.4, -0.2) is 18.8 Å². The maximum absolute atomic E-state index is 5.75. The first kappa shape index (κ1) is 17.7. The smallest absolute Gasteiger partial charge is 0.119 e. The molecule has 1 aliphatic carbocycles. The average molecular weight is 319 g/mol. The number of benzene rings is 1. The molecule has 2 rings (SSSR count). The lowest BCUT2D eigenvalue weighted by Crippen LogP contribution is -2.26. The molecule has 0 heterocycles. The van der Waals surface area contributed by atoms with Crippen LogP contribution in [0.25, 0.3) is 0 Å². The second-order valence-electron chi connectivity index (χ2n) is 6.12. The van der Waals surface area contributed by atoms with E-state index in [2.05, 4.69) is 25.4 Å². The van der Waals surface area contributed by atoms with Crippen LogP contribution >= 0.6 is 0 Å². The summed E-state index contributed by atoms with van der Waals surface area (Å²) in [6, 6.07) is 7.75. The molecule has 23 heavy (non-hydrogen) atoms. The molecule has 1 aliphatic rings. The summed E-state index contributed by atoms with van der Waals surface area (Å²) in [7, 11) is 0. The lowest BCUT2D eigenvalue weighted by Gasteiger charge is -2.19. The van der Waals surface area contributed by atoms with Crippen LogP contribution in [0.3, 0.4) is 0 Å². The van der Waals surface area contributed by atoms with Crippen molar-refractivity contribution in [2.24, 2.45) is 0 Å². The number of hydrogen-bond acceptors (Lipinski definition) is 4. The van der Waals surface area contributed by atoms with Gasteiger partial charge in [0.15, 0.2) is 0 Å². The molecule has 2 atom stereocenters. The molecule has 1 aromatic carbocycles. The highest BCUT2D eigenvalue weighted by Crippen LogP contribution is 2.19. The third-order valence-corrected chi connectivity index (χ3v) is 3.90. The predicted octanol–water partition coefficient (Wildman–Crippen LogP) is 4.61. The van der Waals surface area contributed by atoms with E-state index in [0.717, 1.165) is 30.8 Å². The fourth-order valence-corrected chi connectivity index (χ4v) is 2.28. The second-order valence-corrected chi connectivity index (χ2v) is 6.12. The van der Waals surface area contributed by atoms with Gasteiger partial charge in [0.1, 0.15) is 24.2 Å². The van der Waals surface area contributed by atoms with Crippen LogP contribution in [0, 0.1) is 0 Å². The maximum Gasteiger partial charge on any atom is 0.119 e. The third-order valence-electron chi connectivity index (χ3n) is 3.90. The summed E-state index contributed by atoms with van der Waals surface area (Å²) in [6.07, 6.45) is 8.15. The summed E-state index contributed by atoms with van der Waals surface area (Å²) >= 11 is 0. The van der Waals surface area contributed by atoms with Gasteiger partial charge in [-0.2, -0.15) is 0 Å². The van der Waals surface area contributed by atoms with Gasteiger partial charge in [0.2, 0.25) is 0 Å². The Morgan fingerprint density at radius 2 is 1.78 bits per heavy atom. The highest BCUT2D eigenvalue weighted by atomic mass is 16.7. The van der Waals surface area contributed by atoms with Crippen LogP contribution in [0.15, 0.2) is 36.0 Å². The molecule has 0 amide bonds. The Balaban J connectivity index is 1.69. The monoisotopic (exact) mass is 319 g/mol. The molecule has 0 aliphatic heterocycles. The molecule has 1 N–H and O–H groups in total. The van der Waals surface area contributed by atoms with Crippen molar-refractivity contribution in [2.75, 3.05) is 6.61 Å². The van der Waals surface area contributed by atoms with E-state index < -0.39 is 0 Å². The van der Waals surface area contributed by atoms with E-state index in [0.29, 0.717) is 6.61 Å². The third kappa shape index (κ3) is 6.53. The molecular weight excluding hydrogens is 290 g/mol. The molecule has 128 valence electrons. The van der Waals surface area contributed by atoms with Gasteiger partial charge in [-0.1, -0.05) is 13.0 Å². The van der Waals surface area contributed by atoms with E-state index in [4.69, 9.17) is 14.3 Å². The van der Waals surface area contributed by atoms with Crippen molar-refractivity contribution in [1.29, 1.82) is 0 Å². The fraction of sp³-hybridized carbons (Fsp3) is 0.579. The topological polar surface area (TPSA) is 39.7 Å². The first-order chi connectivity index (χ1) is 11.2. The van der Waals surface area contributed by atoms with Gasteiger partial charge in [0, 0.05) is 5.70 Å². The molecule has 2 unspecified atom stereocenters. The van der Waals surface area contributed by atoms with Gasteiger partial charge >= 0.3 is 0 Å². The van der Waals surface area contributed by atoms with E-state index in [9.17, 15) is 0 Å². The largest absolute Gasteiger partial charge is 0.491 e. The highest BCUT2D eigenvalue weighted by Gasteiger charge is 2.08. The zero-order chi connectivity index (χ0) is 16.5. The van der Waals surface area contributed by atoms with Gasteiger partial charge in [0.25, 0.3) is 0 Å². The van der Waals surface area contributed by atoms with Crippen molar-refractivity contribution in [3.05, 3.63) is 36.0 Å². The van der Waals surface area contributed by atoms with Gasteiger partial charge < -0.3 is 9.47 Å². The predicted molar refractivity (Wildman–Crippen MR) is 92.6 cm³/mol. The summed E-state index contributed by atoms with van der Waals surface area (Å²) in [5, 5.41) is 0. The first-order valence-corrected chi connectivity index (χ1v) is 8.67.